The second kappa shape index (κ2) is 4.99. The summed E-state index contributed by atoms with van der Waals surface area (Å²) in [6, 6.07) is 0.295. The Balaban J connectivity index is 2.16. The summed E-state index contributed by atoms with van der Waals surface area (Å²) in [5.41, 5.74) is 4.25. The van der Waals surface area contributed by atoms with Crippen LogP contribution < -0.4 is 11.3 Å². The zero-order chi connectivity index (χ0) is 9.97. The number of nitrogens with one attached hydrogen (secondary N) is 1. The predicted octanol–water partition coefficient (Wildman–Crippen LogP) is 2.91. The quantitative estimate of drug-likeness (QED) is 0.665. The molecule has 1 aliphatic heterocycles. The van der Waals surface area contributed by atoms with E-state index in [1.807, 2.05) is 11.8 Å². The summed E-state index contributed by atoms with van der Waals surface area (Å²) in [6.07, 6.45) is 2.58. The number of rotatable bonds is 3. The predicted molar refractivity (Wildman–Crippen MR) is 67.6 cm³/mol. The molecule has 5 heteroatoms. The highest BCUT2D eigenvalue weighted by atomic mass is 79.9. The van der Waals surface area contributed by atoms with Crippen molar-refractivity contribution >= 4 is 39.0 Å². The third kappa shape index (κ3) is 2.17. The first kappa shape index (κ1) is 11.0. The Morgan fingerprint density at radius 1 is 1.57 bits per heavy atom. The first-order valence-electron chi connectivity index (χ1n) is 4.62. The van der Waals surface area contributed by atoms with Crippen LogP contribution in [0.3, 0.4) is 0 Å². The Bertz CT molecular complexity index is 297. The zero-order valence-electron chi connectivity index (χ0n) is 7.70. The summed E-state index contributed by atoms with van der Waals surface area (Å²) in [4.78, 5) is 0. The van der Waals surface area contributed by atoms with E-state index < -0.39 is 0 Å². The van der Waals surface area contributed by atoms with Gasteiger partial charge in [-0.3, -0.25) is 11.3 Å². The lowest BCUT2D eigenvalue weighted by Gasteiger charge is -2.21. The minimum atomic E-state index is 0.295. The third-order valence-corrected chi connectivity index (χ3v) is 5.71. The molecule has 1 saturated heterocycles. The highest BCUT2D eigenvalue weighted by Gasteiger charge is 2.27. The van der Waals surface area contributed by atoms with E-state index in [2.05, 4.69) is 32.1 Å². The SMILES string of the molecule is NNC(c1cscc1Br)C1CCCS1. The van der Waals surface area contributed by atoms with E-state index in [-0.39, 0.29) is 0 Å². The molecular weight excluding hydrogens is 280 g/mol. The maximum Gasteiger partial charge on any atom is 0.0597 e. The Morgan fingerprint density at radius 3 is 2.93 bits per heavy atom. The lowest BCUT2D eigenvalue weighted by molar-refractivity contribution is 0.520. The normalized spacial score (nSPS) is 24.0. The summed E-state index contributed by atoms with van der Waals surface area (Å²) in [5.74, 6) is 6.90. The molecule has 1 aromatic rings. The van der Waals surface area contributed by atoms with Gasteiger partial charge in [0, 0.05) is 15.1 Å². The molecule has 14 heavy (non-hydrogen) atoms. The second-order valence-corrected chi connectivity index (χ2v) is 6.32. The van der Waals surface area contributed by atoms with Crippen molar-refractivity contribution in [1.29, 1.82) is 0 Å². The number of hydrogen-bond acceptors (Lipinski definition) is 4. The number of thioether (sulfide) groups is 1. The van der Waals surface area contributed by atoms with E-state index in [1.165, 1.54) is 28.6 Å². The average molecular weight is 293 g/mol. The monoisotopic (exact) mass is 292 g/mol. The first-order chi connectivity index (χ1) is 6.83. The van der Waals surface area contributed by atoms with Crippen LogP contribution in [0, 0.1) is 0 Å². The van der Waals surface area contributed by atoms with Gasteiger partial charge in [-0.25, -0.2) is 0 Å². The molecule has 0 aromatic carbocycles. The topological polar surface area (TPSA) is 38.0 Å². The second-order valence-electron chi connectivity index (χ2n) is 3.37. The summed E-state index contributed by atoms with van der Waals surface area (Å²) in [7, 11) is 0. The molecule has 1 fully saturated rings. The van der Waals surface area contributed by atoms with Crippen LogP contribution in [0.1, 0.15) is 24.4 Å². The van der Waals surface area contributed by atoms with Crippen molar-refractivity contribution in [3.63, 3.8) is 0 Å². The summed E-state index contributed by atoms with van der Waals surface area (Å²) < 4.78 is 1.18. The van der Waals surface area contributed by atoms with Crippen LogP contribution in [0.5, 0.6) is 0 Å². The van der Waals surface area contributed by atoms with Crippen molar-refractivity contribution in [3.8, 4) is 0 Å². The minimum absolute atomic E-state index is 0.295. The van der Waals surface area contributed by atoms with Crippen LogP contribution in [0.2, 0.25) is 0 Å². The number of thiophene rings is 1. The largest absolute Gasteiger partial charge is 0.271 e. The molecule has 1 aliphatic rings. The highest BCUT2D eigenvalue weighted by molar-refractivity contribution is 9.10. The van der Waals surface area contributed by atoms with Crippen molar-refractivity contribution < 1.29 is 0 Å². The van der Waals surface area contributed by atoms with Crippen LogP contribution in [0.25, 0.3) is 0 Å². The Kier molecular flexibility index (Phi) is 3.90. The van der Waals surface area contributed by atoms with Crippen LogP contribution in [0.4, 0.5) is 0 Å². The van der Waals surface area contributed by atoms with Crippen molar-refractivity contribution in [3.05, 3.63) is 20.8 Å². The fourth-order valence-electron chi connectivity index (χ4n) is 1.78. The Hall–Kier alpha value is 0.450. The molecule has 78 valence electrons. The van der Waals surface area contributed by atoms with Crippen LogP contribution in [-0.2, 0) is 0 Å². The van der Waals surface area contributed by atoms with Crippen molar-refractivity contribution in [2.45, 2.75) is 24.1 Å². The molecule has 0 radical (unpaired) electrons. The maximum absolute atomic E-state index is 5.63. The fourth-order valence-corrected chi connectivity index (χ4v) is 4.74. The number of nitrogens with two attached hydrogens (primary N) is 1. The molecule has 2 unspecified atom stereocenters. The third-order valence-electron chi connectivity index (χ3n) is 2.49. The molecule has 0 spiro atoms. The van der Waals surface area contributed by atoms with Crippen LogP contribution in [-0.4, -0.2) is 11.0 Å². The van der Waals surface area contributed by atoms with Gasteiger partial charge in [-0.15, -0.1) is 0 Å². The summed E-state index contributed by atoms with van der Waals surface area (Å²) in [5, 5.41) is 4.91. The smallest absolute Gasteiger partial charge is 0.0597 e. The van der Waals surface area contributed by atoms with E-state index in [4.69, 9.17) is 5.84 Å². The number of halogens is 1. The molecule has 3 N–H and O–H groups in total. The van der Waals surface area contributed by atoms with E-state index >= 15 is 0 Å². The molecule has 0 bridgehead atoms. The van der Waals surface area contributed by atoms with Gasteiger partial charge in [0.1, 0.15) is 0 Å². The molecule has 0 saturated carbocycles. The molecule has 2 atom stereocenters. The molecule has 2 rings (SSSR count). The van der Waals surface area contributed by atoms with Gasteiger partial charge in [-0.2, -0.15) is 23.1 Å². The summed E-state index contributed by atoms with van der Waals surface area (Å²) in [6.45, 7) is 0. The molecule has 0 amide bonds. The van der Waals surface area contributed by atoms with Gasteiger partial charge in [0.25, 0.3) is 0 Å². The lowest BCUT2D eigenvalue weighted by Crippen LogP contribution is -2.34. The van der Waals surface area contributed by atoms with Crippen molar-refractivity contribution in [1.82, 2.24) is 5.43 Å². The molecular formula is C9H13BrN2S2. The van der Waals surface area contributed by atoms with Gasteiger partial charge < -0.3 is 0 Å². The van der Waals surface area contributed by atoms with E-state index in [1.54, 1.807) is 11.3 Å². The minimum Gasteiger partial charge on any atom is -0.271 e. The molecule has 0 aliphatic carbocycles. The lowest BCUT2D eigenvalue weighted by atomic mass is 10.0. The molecule has 1 aromatic heterocycles. The average Bonchev–Trinajstić information content (AvgIpc) is 2.80. The van der Waals surface area contributed by atoms with Gasteiger partial charge in [0.15, 0.2) is 0 Å². The molecule has 2 heterocycles. The van der Waals surface area contributed by atoms with Gasteiger partial charge >= 0.3 is 0 Å². The number of hydrazine groups is 1. The van der Waals surface area contributed by atoms with Crippen LogP contribution >= 0.6 is 39.0 Å². The van der Waals surface area contributed by atoms with Gasteiger partial charge in [0.2, 0.25) is 0 Å². The Morgan fingerprint density at radius 2 is 2.43 bits per heavy atom. The van der Waals surface area contributed by atoms with Gasteiger partial charge in [-0.05, 0) is 45.5 Å². The van der Waals surface area contributed by atoms with Crippen molar-refractivity contribution in [2.75, 3.05) is 5.75 Å². The maximum atomic E-state index is 5.63. The fraction of sp³-hybridized carbons (Fsp3) is 0.556. The van der Waals surface area contributed by atoms with E-state index in [9.17, 15) is 0 Å². The van der Waals surface area contributed by atoms with Crippen LogP contribution in [0.15, 0.2) is 15.2 Å². The van der Waals surface area contributed by atoms with E-state index in [0.29, 0.717) is 11.3 Å². The number of hydrogen-bond donors (Lipinski definition) is 2. The van der Waals surface area contributed by atoms with E-state index in [0.717, 1.165) is 0 Å². The first-order valence-corrected chi connectivity index (χ1v) is 7.40. The standard InChI is InChI=1S/C9H13BrN2S2/c10-7-5-13-4-6(7)9(12-11)8-2-1-3-14-8/h4-5,8-9,12H,1-3,11H2. The summed E-state index contributed by atoms with van der Waals surface area (Å²) >= 11 is 7.30. The zero-order valence-corrected chi connectivity index (χ0v) is 10.9. The Labute approximate surface area is 101 Å². The van der Waals surface area contributed by atoms with Gasteiger partial charge in [-0.1, -0.05) is 0 Å². The highest BCUT2D eigenvalue weighted by Crippen LogP contribution is 2.38. The van der Waals surface area contributed by atoms with Crippen molar-refractivity contribution in [2.24, 2.45) is 5.84 Å². The molecule has 2 nitrogen and oxygen atoms in total. The van der Waals surface area contributed by atoms with Gasteiger partial charge in [0.05, 0.1) is 6.04 Å².